The normalized spacial score (nSPS) is 10.8. The molecule has 1 aromatic heterocycles. The molecule has 3 aromatic rings. The highest BCUT2D eigenvalue weighted by atomic mass is 32.2. The minimum absolute atomic E-state index is 0.0355. The summed E-state index contributed by atoms with van der Waals surface area (Å²) in [5.41, 5.74) is 4.16. The van der Waals surface area contributed by atoms with E-state index in [0.29, 0.717) is 12.2 Å². The fourth-order valence-corrected chi connectivity index (χ4v) is 3.47. The Morgan fingerprint density at radius 2 is 1.79 bits per heavy atom. The minimum atomic E-state index is 0.0355. The molecule has 2 aromatic carbocycles. The summed E-state index contributed by atoms with van der Waals surface area (Å²) in [7, 11) is 0. The number of thioether (sulfide) groups is 1. The fraction of sp³-hybridized carbons (Fsp3) is 0.200. The van der Waals surface area contributed by atoms with Crippen molar-refractivity contribution in [1.82, 2.24) is 4.98 Å². The second-order valence-corrected chi connectivity index (χ2v) is 6.98. The molecule has 1 heterocycles. The number of rotatable bonds is 5. The highest BCUT2D eigenvalue weighted by Gasteiger charge is 2.05. The molecule has 3 rings (SSSR count). The third kappa shape index (κ3) is 4.36. The van der Waals surface area contributed by atoms with E-state index in [0.717, 1.165) is 32.7 Å². The second kappa shape index (κ2) is 7.49. The molecule has 0 aliphatic rings. The van der Waals surface area contributed by atoms with Gasteiger partial charge in [0.1, 0.15) is 0 Å². The molecular weight excluding hydrogens is 316 g/mol. The molecular formula is C20H20N2OS. The minimum Gasteiger partial charge on any atom is -0.326 e. The van der Waals surface area contributed by atoms with E-state index in [2.05, 4.69) is 22.4 Å². The van der Waals surface area contributed by atoms with Crippen molar-refractivity contribution in [3.8, 4) is 0 Å². The number of benzene rings is 2. The Balaban J connectivity index is 1.54. The molecule has 0 atom stereocenters. The van der Waals surface area contributed by atoms with Crippen LogP contribution in [0.5, 0.6) is 0 Å². The van der Waals surface area contributed by atoms with Crippen LogP contribution in [0.3, 0.4) is 0 Å². The monoisotopic (exact) mass is 336 g/mol. The number of hydrogen-bond donors (Lipinski definition) is 1. The summed E-state index contributed by atoms with van der Waals surface area (Å²) < 4.78 is 0. The number of carbonyl (C=O) groups is 1. The van der Waals surface area contributed by atoms with Crippen molar-refractivity contribution >= 4 is 34.3 Å². The van der Waals surface area contributed by atoms with Crippen LogP contribution in [-0.4, -0.2) is 16.6 Å². The highest BCUT2D eigenvalue weighted by molar-refractivity contribution is 7.99. The van der Waals surface area contributed by atoms with Crippen molar-refractivity contribution < 1.29 is 4.79 Å². The quantitative estimate of drug-likeness (QED) is 0.669. The van der Waals surface area contributed by atoms with Gasteiger partial charge in [0.2, 0.25) is 5.91 Å². The maximum atomic E-state index is 12.1. The average Bonchev–Trinajstić information content (AvgIpc) is 2.53. The molecule has 1 amide bonds. The predicted molar refractivity (Wildman–Crippen MR) is 102 cm³/mol. The van der Waals surface area contributed by atoms with E-state index >= 15 is 0 Å². The van der Waals surface area contributed by atoms with Gasteiger partial charge in [0, 0.05) is 23.2 Å². The van der Waals surface area contributed by atoms with Gasteiger partial charge < -0.3 is 5.32 Å². The first-order valence-electron chi connectivity index (χ1n) is 7.97. The molecule has 3 nitrogen and oxygen atoms in total. The van der Waals surface area contributed by atoms with Gasteiger partial charge >= 0.3 is 0 Å². The molecule has 0 saturated heterocycles. The van der Waals surface area contributed by atoms with Crippen molar-refractivity contribution in [3.05, 3.63) is 65.7 Å². The van der Waals surface area contributed by atoms with E-state index in [9.17, 15) is 4.79 Å². The van der Waals surface area contributed by atoms with Crippen molar-refractivity contribution in [2.24, 2.45) is 0 Å². The largest absolute Gasteiger partial charge is 0.326 e. The smallest absolute Gasteiger partial charge is 0.225 e. The van der Waals surface area contributed by atoms with Gasteiger partial charge in [-0.25, -0.2) is 4.98 Å². The van der Waals surface area contributed by atoms with Crippen LogP contribution in [0.2, 0.25) is 0 Å². The molecule has 0 bridgehead atoms. The highest BCUT2D eigenvalue weighted by Crippen LogP contribution is 2.21. The van der Waals surface area contributed by atoms with E-state index in [1.165, 1.54) is 0 Å². The molecule has 0 fully saturated rings. The van der Waals surface area contributed by atoms with Crippen LogP contribution in [0.4, 0.5) is 5.69 Å². The molecule has 0 aliphatic carbocycles. The van der Waals surface area contributed by atoms with Crippen molar-refractivity contribution in [2.75, 3.05) is 11.1 Å². The third-order valence-electron chi connectivity index (χ3n) is 3.66. The first kappa shape index (κ1) is 16.5. The van der Waals surface area contributed by atoms with E-state index in [1.54, 1.807) is 11.8 Å². The molecule has 122 valence electrons. The maximum absolute atomic E-state index is 12.1. The lowest BCUT2D eigenvalue weighted by molar-refractivity contribution is -0.115. The summed E-state index contributed by atoms with van der Waals surface area (Å²) in [6, 6.07) is 18.2. The summed E-state index contributed by atoms with van der Waals surface area (Å²) in [5, 5.41) is 5.05. The van der Waals surface area contributed by atoms with Crippen LogP contribution < -0.4 is 5.32 Å². The number of anilines is 1. The number of fused-ring (bicyclic) bond motifs is 1. The number of nitrogens with one attached hydrogen (secondary N) is 1. The van der Waals surface area contributed by atoms with Crippen molar-refractivity contribution in [1.29, 1.82) is 0 Å². The number of para-hydroxylation sites is 1. The number of pyridine rings is 1. The number of amides is 1. The molecule has 0 unspecified atom stereocenters. The van der Waals surface area contributed by atoms with Gasteiger partial charge in [-0.05, 0) is 49.2 Å². The third-order valence-corrected chi connectivity index (χ3v) is 4.59. The van der Waals surface area contributed by atoms with Crippen LogP contribution in [0.15, 0.2) is 59.6 Å². The topological polar surface area (TPSA) is 42.0 Å². The van der Waals surface area contributed by atoms with Gasteiger partial charge in [-0.1, -0.05) is 30.3 Å². The predicted octanol–water partition coefficient (Wildman–Crippen LogP) is 4.97. The zero-order chi connectivity index (χ0) is 16.9. The van der Waals surface area contributed by atoms with Crippen LogP contribution in [-0.2, 0) is 4.79 Å². The number of aromatic nitrogens is 1. The Kier molecular flexibility index (Phi) is 5.16. The summed E-state index contributed by atoms with van der Waals surface area (Å²) in [5.74, 6) is 0.746. The Morgan fingerprint density at radius 1 is 1.04 bits per heavy atom. The SMILES string of the molecule is Cc1cc(C)cc(NC(=O)CCSc2ccc3ccccc3n2)c1. The maximum Gasteiger partial charge on any atom is 0.225 e. The Labute approximate surface area is 146 Å². The van der Waals surface area contributed by atoms with Gasteiger partial charge in [-0.3, -0.25) is 4.79 Å². The lowest BCUT2D eigenvalue weighted by Gasteiger charge is -2.07. The van der Waals surface area contributed by atoms with Crippen molar-refractivity contribution in [2.45, 2.75) is 25.3 Å². The Morgan fingerprint density at radius 3 is 2.58 bits per heavy atom. The van der Waals surface area contributed by atoms with Gasteiger partial charge in [-0.15, -0.1) is 11.8 Å². The molecule has 0 saturated carbocycles. The second-order valence-electron chi connectivity index (χ2n) is 5.87. The average molecular weight is 336 g/mol. The van der Waals surface area contributed by atoms with Crippen LogP contribution in [0.1, 0.15) is 17.5 Å². The summed E-state index contributed by atoms with van der Waals surface area (Å²) in [4.78, 5) is 16.7. The zero-order valence-corrected chi connectivity index (χ0v) is 14.7. The standard InChI is InChI=1S/C20H20N2OS/c1-14-11-15(2)13-17(12-14)21-19(23)9-10-24-20-8-7-16-5-3-4-6-18(16)22-20/h3-8,11-13H,9-10H2,1-2H3,(H,21,23). The van der Waals surface area contributed by atoms with Crippen molar-refractivity contribution in [3.63, 3.8) is 0 Å². The van der Waals surface area contributed by atoms with Gasteiger partial charge in [0.15, 0.2) is 0 Å². The van der Waals surface area contributed by atoms with Crippen LogP contribution in [0, 0.1) is 13.8 Å². The molecule has 0 aliphatic heterocycles. The number of aryl methyl sites for hydroxylation is 2. The first-order valence-corrected chi connectivity index (χ1v) is 8.95. The van der Waals surface area contributed by atoms with Crippen LogP contribution in [0.25, 0.3) is 10.9 Å². The Hall–Kier alpha value is -2.33. The van der Waals surface area contributed by atoms with E-state index in [1.807, 2.05) is 56.3 Å². The van der Waals surface area contributed by atoms with E-state index in [4.69, 9.17) is 0 Å². The number of nitrogens with zero attached hydrogens (tertiary/aromatic N) is 1. The van der Waals surface area contributed by atoms with Gasteiger partial charge in [0.05, 0.1) is 10.5 Å². The van der Waals surface area contributed by atoms with Gasteiger partial charge in [-0.2, -0.15) is 0 Å². The Bertz CT molecular complexity index is 856. The molecule has 0 spiro atoms. The zero-order valence-electron chi connectivity index (χ0n) is 13.9. The fourth-order valence-electron chi connectivity index (χ4n) is 2.65. The summed E-state index contributed by atoms with van der Waals surface area (Å²) >= 11 is 1.61. The number of carbonyl (C=O) groups excluding carboxylic acids is 1. The van der Waals surface area contributed by atoms with Gasteiger partial charge in [0.25, 0.3) is 0 Å². The molecule has 4 heteroatoms. The van der Waals surface area contributed by atoms with E-state index in [-0.39, 0.29) is 5.91 Å². The summed E-state index contributed by atoms with van der Waals surface area (Å²) in [6.07, 6.45) is 0.464. The lowest BCUT2D eigenvalue weighted by atomic mass is 10.1. The summed E-state index contributed by atoms with van der Waals surface area (Å²) in [6.45, 7) is 4.06. The molecule has 24 heavy (non-hydrogen) atoms. The molecule has 0 radical (unpaired) electrons. The molecule has 1 N–H and O–H groups in total. The van der Waals surface area contributed by atoms with Crippen LogP contribution >= 0.6 is 11.8 Å². The van der Waals surface area contributed by atoms with E-state index < -0.39 is 0 Å². The lowest BCUT2D eigenvalue weighted by Crippen LogP contribution is -2.12. The first-order chi connectivity index (χ1) is 11.6. The number of hydrogen-bond acceptors (Lipinski definition) is 3.